The standard InChI is InChI=1S/C8H18N.C7H16N2.Sn/c1-7(2,3)9-8(4,5)6;1-6(2)8-5-9-7(3)4;/h1-6H3;6-7H,5H2,1-4H3;/q-1;-2;+3. The quantitative estimate of drug-likeness (QED) is 0.702. The third-order valence-corrected chi connectivity index (χ3v) is 15.3. The van der Waals surface area contributed by atoms with Gasteiger partial charge in [-0.25, -0.2) is 0 Å². The van der Waals surface area contributed by atoms with Gasteiger partial charge in [0.1, 0.15) is 0 Å². The van der Waals surface area contributed by atoms with Crippen LogP contribution in [0.2, 0.25) is 0 Å². The van der Waals surface area contributed by atoms with E-state index in [1.165, 1.54) is 6.67 Å². The Labute approximate surface area is 129 Å². The second-order valence-corrected chi connectivity index (χ2v) is 14.5. The summed E-state index contributed by atoms with van der Waals surface area (Å²) in [7, 11) is 0. The zero-order chi connectivity index (χ0) is 15.2. The molecule has 19 heavy (non-hydrogen) atoms. The van der Waals surface area contributed by atoms with Crippen LogP contribution in [0.5, 0.6) is 0 Å². The first-order chi connectivity index (χ1) is 8.37. The van der Waals surface area contributed by atoms with Crippen LogP contribution in [-0.2, 0) is 0 Å². The molecule has 1 saturated heterocycles. The van der Waals surface area contributed by atoms with E-state index in [4.69, 9.17) is 0 Å². The zero-order valence-electron chi connectivity index (χ0n) is 14.7. The first-order valence-electron chi connectivity index (χ1n) is 7.58. The summed E-state index contributed by atoms with van der Waals surface area (Å²) in [6.07, 6.45) is 0. The van der Waals surface area contributed by atoms with Crippen LogP contribution in [0, 0.1) is 0 Å². The average Bonchev–Trinajstić information content (AvgIpc) is 2.06. The molecule has 113 valence electrons. The predicted octanol–water partition coefficient (Wildman–Crippen LogP) is 3.26. The molecule has 0 saturated carbocycles. The van der Waals surface area contributed by atoms with Crippen LogP contribution in [0.4, 0.5) is 0 Å². The summed E-state index contributed by atoms with van der Waals surface area (Å²) in [4.78, 5) is 0. The molecule has 1 heterocycles. The van der Waals surface area contributed by atoms with Gasteiger partial charge in [0.2, 0.25) is 0 Å². The van der Waals surface area contributed by atoms with Gasteiger partial charge in [-0.1, -0.05) is 0 Å². The van der Waals surface area contributed by atoms with E-state index in [-0.39, 0.29) is 11.1 Å². The third kappa shape index (κ3) is 3.86. The van der Waals surface area contributed by atoms with Gasteiger partial charge in [0.05, 0.1) is 0 Å². The Morgan fingerprint density at radius 1 is 0.789 bits per heavy atom. The van der Waals surface area contributed by atoms with Crippen molar-refractivity contribution in [3.63, 3.8) is 0 Å². The van der Waals surface area contributed by atoms with Crippen molar-refractivity contribution in [2.75, 3.05) is 6.67 Å². The van der Waals surface area contributed by atoms with Gasteiger partial charge in [-0.15, -0.1) is 0 Å². The molecule has 1 radical (unpaired) electrons. The molecule has 1 fully saturated rings. The summed E-state index contributed by atoms with van der Waals surface area (Å²) in [5.74, 6) is 0. The van der Waals surface area contributed by atoms with Crippen molar-refractivity contribution in [3.8, 4) is 0 Å². The van der Waals surface area contributed by atoms with Gasteiger partial charge >= 0.3 is 129 Å². The fourth-order valence-corrected chi connectivity index (χ4v) is 12.4. The molecule has 3 nitrogen and oxygen atoms in total. The van der Waals surface area contributed by atoms with Crippen LogP contribution in [-0.4, -0.2) is 59.8 Å². The van der Waals surface area contributed by atoms with E-state index in [2.05, 4.69) is 78.6 Å². The summed E-state index contributed by atoms with van der Waals surface area (Å²) in [5.41, 5.74) is 0.488. The molecule has 0 aromatic carbocycles. The Balaban J connectivity index is 3.10. The van der Waals surface area contributed by atoms with Gasteiger partial charge in [0.25, 0.3) is 0 Å². The molecule has 1 aliphatic heterocycles. The average molecular weight is 375 g/mol. The third-order valence-electron chi connectivity index (χ3n) is 3.61. The Kier molecular flexibility index (Phi) is 5.43. The van der Waals surface area contributed by atoms with Crippen LogP contribution in [0.15, 0.2) is 0 Å². The normalized spacial score (nSPS) is 20.7. The Morgan fingerprint density at radius 3 is 1.32 bits per heavy atom. The second kappa shape index (κ2) is 5.82. The minimum atomic E-state index is -1.89. The van der Waals surface area contributed by atoms with Crippen LogP contribution in [0.3, 0.4) is 0 Å². The second-order valence-electron chi connectivity index (χ2n) is 8.25. The van der Waals surface area contributed by atoms with Crippen molar-refractivity contribution < 1.29 is 0 Å². The number of nitrogens with zero attached hydrogens (tertiary/aromatic N) is 3. The Bertz CT molecular complexity index is 273. The van der Waals surface area contributed by atoms with E-state index in [9.17, 15) is 0 Å². The summed E-state index contributed by atoms with van der Waals surface area (Å²) in [6, 6.07) is 1.35. The van der Waals surface area contributed by atoms with Crippen LogP contribution < -0.4 is 0 Å². The first-order valence-corrected chi connectivity index (χ1v) is 11.4. The fraction of sp³-hybridized carbons (Fsp3) is 1.00. The van der Waals surface area contributed by atoms with Crippen molar-refractivity contribution in [2.45, 2.75) is 92.4 Å². The molecule has 0 N–H and O–H groups in total. The van der Waals surface area contributed by atoms with E-state index in [0.717, 1.165) is 0 Å². The van der Waals surface area contributed by atoms with E-state index in [1.54, 1.807) is 0 Å². The maximum atomic E-state index is 2.85. The molecular formula is C15H34N3Sn. The van der Waals surface area contributed by atoms with Gasteiger partial charge < -0.3 is 0 Å². The number of rotatable bonds is 3. The number of hydrogen-bond acceptors (Lipinski definition) is 3. The topological polar surface area (TPSA) is 9.72 Å². The Hall–Kier alpha value is 0.679. The maximum absolute atomic E-state index is 2.85. The minimum absolute atomic E-state index is 0.244. The summed E-state index contributed by atoms with van der Waals surface area (Å²) >= 11 is -1.89. The molecule has 0 bridgehead atoms. The van der Waals surface area contributed by atoms with Crippen molar-refractivity contribution in [1.29, 1.82) is 0 Å². The van der Waals surface area contributed by atoms with Crippen molar-refractivity contribution in [1.82, 2.24) is 9.36 Å². The number of hydrogen-bond donors (Lipinski definition) is 0. The predicted molar refractivity (Wildman–Crippen MR) is 85.9 cm³/mol. The van der Waals surface area contributed by atoms with Crippen molar-refractivity contribution in [2.24, 2.45) is 0 Å². The van der Waals surface area contributed by atoms with E-state index in [1.807, 2.05) is 0 Å². The molecule has 0 unspecified atom stereocenters. The van der Waals surface area contributed by atoms with E-state index >= 15 is 0 Å². The monoisotopic (exact) mass is 376 g/mol. The molecule has 0 spiro atoms. The molecular weight excluding hydrogens is 341 g/mol. The SMILES string of the molecule is CC(C)[N]1C[N](C(C)C)[Sn]1[N](C(C)(C)C)C(C)(C)C. The molecule has 0 aromatic heterocycles. The summed E-state index contributed by atoms with van der Waals surface area (Å²) < 4.78 is 8.43. The van der Waals surface area contributed by atoms with Crippen molar-refractivity contribution in [3.05, 3.63) is 0 Å². The molecule has 0 aliphatic carbocycles. The van der Waals surface area contributed by atoms with E-state index in [0.29, 0.717) is 12.1 Å². The van der Waals surface area contributed by atoms with E-state index < -0.39 is 20.6 Å². The molecule has 1 rings (SSSR count). The van der Waals surface area contributed by atoms with Crippen LogP contribution >= 0.6 is 0 Å². The van der Waals surface area contributed by atoms with Crippen LogP contribution in [0.25, 0.3) is 0 Å². The molecule has 0 atom stereocenters. The van der Waals surface area contributed by atoms with Crippen LogP contribution in [0.1, 0.15) is 69.2 Å². The molecule has 1 aliphatic rings. The fourth-order valence-electron chi connectivity index (χ4n) is 3.03. The summed E-state index contributed by atoms with van der Waals surface area (Å²) in [5, 5.41) is 0. The first kappa shape index (κ1) is 17.7. The molecule has 4 heteroatoms. The van der Waals surface area contributed by atoms with Gasteiger partial charge in [0.15, 0.2) is 0 Å². The van der Waals surface area contributed by atoms with Gasteiger partial charge in [0, 0.05) is 0 Å². The zero-order valence-corrected chi connectivity index (χ0v) is 17.6. The van der Waals surface area contributed by atoms with Crippen molar-refractivity contribution >= 4 is 20.6 Å². The molecule has 0 amide bonds. The van der Waals surface area contributed by atoms with Gasteiger partial charge in [-0.05, 0) is 0 Å². The molecule has 0 aromatic rings. The summed E-state index contributed by atoms with van der Waals surface area (Å²) in [6.45, 7) is 24.8. The van der Waals surface area contributed by atoms with Gasteiger partial charge in [-0.3, -0.25) is 0 Å². The van der Waals surface area contributed by atoms with Gasteiger partial charge in [-0.2, -0.15) is 0 Å². The Morgan fingerprint density at radius 2 is 1.11 bits per heavy atom.